The number of amides is 2. The van der Waals surface area contributed by atoms with E-state index >= 15 is 0 Å². The molecule has 7 nitrogen and oxygen atoms in total. The standard InChI is InChI=1S/C22H26ClN5O2S/c1-16-4-5-17(23)13-19(16)27-11-9-26(10-12-27)8-7-24-20(29)14-28-18-3-2-6-25-22(18)31-15-21(28)30/h2-6,13H,7-12,14-15H2,1H3,(H,24,29). The van der Waals surface area contributed by atoms with Crippen molar-refractivity contribution in [3.8, 4) is 0 Å². The molecular weight excluding hydrogens is 434 g/mol. The molecule has 0 spiro atoms. The van der Waals surface area contributed by atoms with Crippen LogP contribution in [0.25, 0.3) is 0 Å². The maximum Gasteiger partial charge on any atom is 0.240 e. The van der Waals surface area contributed by atoms with Crippen molar-refractivity contribution in [2.24, 2.45) is 0 Å². The average Bonchev–Trinajstić information content (AvgIpc) is 2.78. The molecule has 3 heterocycles. The van der Waals surface area contributed by atoms with E-state index in [4.69, 9.17) is 11.6 Å². The fourth-order valence-corrected chi connectivity index (χ4v) is 4.95. The van der Waals surface area contributed by atoms with Crippen molar-refractivity contribution in [3.05, 3.63) is 47.1 Å². The van der Waals surface area contributed by atoms with Gasteiger partial charge in [-0.15, -0.1) is 0 Å². The first-order chi connectivity index (χ1) is 15.0. The van der Waals surface area contributed by atoms with Gasteiger partial charge in [0.15, 0.2) is 0 Å². The second-order valence-electron chi connectivity index (χ2n) is 7.71. The molecule has 31 heavy (non-hydrogen) atoms. The number of benzene rings is 1. The molecule has 2 aromatic rings. The molecule has 2 aliphatic rings. The van der Waals surface area contributed by atoms with Gasteiger partial charge < -0.3 is 10.2 Å². The number of fused-ring (bicyclic) bond motifs is 1. The number of piperazine rings is 1. The lowest BCUT2D eigenvalue weighted by atomic mass is 10.1. The van der Waals surface area contributed by atoms with Crippen LogP contribution in [0.4, 0.5) is 11.4 Å². The number of halogens is 1. The van der Waals surface area contributed by atoms with Gasteiger partial charge in [-0.1, -0.05) is 29.4 Å². The summed E-state index contributed by atoms with van der Waals surface area (Å²) in [4.78, 5) is 35.3. The summed E-state index contributed by atoms with van der Waals surface area (Å²) in [5, 5.41) is 4.51. The van der Waals surface area contributed by atoms with Gasteiger partial charge in [0.05, 0.1) is 11.4 Å². The van der Waals surface area contributed by atoms with Crippen LogP contribution in [0.5, 0.6) is 0 Å². The quantitative estimate of drug-likeness (QED) is 0.715. The zero-order valence-electron chi connectivity index (χ0n) is 17.5. The summed E-state index contributed by atoms with van der Waals surface area (Å²) in [5.74, 6) is 0.101. The van der Waals surface area contributed by atoms with E-state index in [1.165, 1.54) is 27.9 Å². The zero-order chi connectivity index (χ0) is 21.8. The Morgan fingerprint density at radius 1 is 1.19 bits per heavy atom. The van der Waals surface area contributed by atoms with Crippen LogP contribution in [0.3, 0.4) is 0 Å². The Labute approximate surface area is 191 Å². The lowest BCUT2D eigenvalue weighted by Crippen LogP contribution is -2.49. The Bertz CT molecular complexity index is 965. The predicted octanol–water partition coefficient (Wildman–Crippen LogP) is 2.42. The summed E-state index contributed by atoms with van der Waals surface area (Å²) in [6.07, 6.45) is 1.70. The number of aryl methyl sites for hydroxylation is 1. The lowest BCUT2D eigenvalue weighted by molar-refractivity contribution is -0.123. The molecule has 2 amide bonds. The Hall–Kier alpha value is -2.29. The number of aromatic nitrogens is 1. The fourth-order valence-electron chi connectivity index (χ4n) is 3.90. The van der Waals surface area contributed by atoms with Crippen molar-refractivity contribution in [1.82, 2.24) is 15.2 Å². The van der Waals surface area contributed by atoms with Crippen molar-refractivity contribution < 1.29 is 9.59 Å². The van der Waals surface area contributed by atoms with E-state index in [0.717, 1.165) is 42.8 Å². The third-order valence-electron chi connectivity index (χ3n) is 5.61. The SMILES string of the molecule is Cc1ccc(Cl)cc1N1CCN(CCNC(=O)CN2C(=O)CSc3ncccc32)CC1. The molecule has 1 fully saturated rings. The highest BCUT2D eigenvalue weighted by molar-refractivity contribution is 8.00. The number of thioether (sulfide) groups is 1. The van der Waals surface area contributed by atoms with Crippen LogP contribution in [0.2, 0.25) is 5.02 Å². The molecular formula is C22H26ClN5O2S. The van der Waals surface area contributed by atoms with Crippen LogP contribution in [0.1, 0.15) is 5.56 Å². The summed E-state index contributed by atoms with van der Waals surface area (Å²) < 4.78 is 0. The largest absolute Gasteiger partial charge is 0.369 e. The van der Waals surface area contributed by atoms with Gasteiger partial charge in [0.2, 0.25) is 11.8 Å². The van der Waals surface area contributed by atoms with E-state index in [-0.39, 0.29) is 18.4 Å². The van der Waals surface area contributed by atoms with Gasteiger partial charge in [-0.25, -0.2) is 4.98 Å². The Kier molecular flexibility index (Phi) is 6.99. The van der Waals surface area contributed by atoms with Gasteiger partial charge in [0.1, 0.15) is 11.6 Å². The van der Waals surface area contributed by atoms with Crippen LogP contribution in [0, 0.1) is 6.92 Å². The molecule has 1 N–H and O–H groups in total. The monoisotopic (exact) mass is 459 g/mol. The third kappa shape index (κ3) is 5.31. The summed E-state index contributed by atoms with van der Waals surface area (Å²) in [7, 11) is 0. The number of anilines is 2. The van der Waals surface area contributed by atoms with E-state index in [1.54, 1.807) is 12.3 Å². The van der Waals surface area contributed by atoms with E-state index in [0.29, 0.717) is 18.0 Å². The van der Waals surface area contributed by atoms with Crippen LogP contribution in [0.15, 0.2) is 41.6 Å². The molecule has 4 rings (SSSR count). The van der Waals surface area contributed by atoms with Gasteiger partial charge in [0.25, 0.3) is 0 Å². The average molecular weight is 460 g/mol. The van der Waals surface area contributed by atoms with E-state index < -0.39 is 0 Å². The molecule has 0 unspecified atom stereocenters. The van der Waals surface area contributed by atoms with Gasteiger partial charge in [-0.05, 0) is 36.8 Å². The van der Waals surface area contributed by atoms with Crippen LogP contribution >= 0.6 is 23.4 Å². The van der Waals surface area contributed by atoms with Crippen molar-refractivity contribution >= 4 is 46.6 Å². The number of hydrogen-bond donors (Lipinski definition) is 1. The highest BCUT2D eigenvalue weighted by Gasteiger charge is 2.27. The van der Waals surface area contributed by atoms with Crippen LogP contribution < -0.4 is 15.1 Å². The maximum atomic E-state index is 12.4. The molecule has 1 aromatic carbocycles. The minimum atomic E-state index is -0.150. The summed E-state index contributed by atoms with van der Waals surface area (Å²) in [6, 6.07) is 9.62. The van der Waals surface area contributed by atoms with Crippen molar-refractivity contribution in [2.45, 2.75) is 11.9 Å². The molecule has 0 saturated carbocycles. The van der Waals surface area contributed by atoms with Gasteiger partial charge in [-0.2, -0.15) is 0 Å². The molecule has 0 bridgehead atoms. The van der Waals surface area contributed by atoms with Gasteiger partial charge in [0, 0.05) is 56.2 Å². The predicted molar refractivity (Wildman–Crippen MR) is 125 cm³/mol. The van der Waals surface area contributed by atoms with Crippen molar-refractivity contribution in [1.29, 1.82) is 0 Å². The fraction of sp³-hybridized carbons (Fsp3) is 0.409. The minimum absolute atomic E-state index is 0.0277. The molecule has 164 valence electrons. The van der Waals surface area contributed by atoms with Crippen LogP contribution in [-0.4, -0.2) is 73.3 Å². The Morgan fingerprint density at radius 3 is 2.81 bits per heavy atom. The molecule has 0 atom stereocenters. The second-order valence-corrected chi connectivity index (χ2v) is 9.11. The van der Waals surface area contributed by atoms with Crippen LogP contribution in [-0.2, 0) is 9.59 Å². The summed E-state index contributed by atoms with van der Waals surface area (Å²) in [5.41, 5.74) is 3.14. The Morgan fingerprint density at radius 2 is 2.00 bits per heavy atom. The Balaban J connectivity index is 1.22. The number of carbonyl (C=O) groups excluding carboxylic acids is 2. The van der Waals surface area contributed by atoms with E-state index in [2.05, 4.69) is 33.1 Å². The minimum Gasteiger partial charge on any atom is -0.369 e. The second kappa shape index (κ2) is 9.89. The molecule has 2 aliphatic heterocycles. The van der Waals surface area contributed by atoms with Crippen molar-refractivity contribution in [2.75, 3.05) is 61.4 Å². The molecule has 0 aliphatic carbocycles. The zero-order valence-corrected chi connectivity index (χ0v) is 19.1. The summed E-state index contributed by atoms with van der Waals surface area (Å²) in [6.45, 7) is 7.21. The van der Waals surface area contributed by atoms with Gasteiger partial charge in [-0.3, -0.25) is 19.4 Å². The lowest BCUT2D eigenvalue weighted by Gasteiger charge is -2.37. The number of carbonyl (C=O) groups is 2. The smallest absolute Gasteiger partial charge is 0.240 e. The van der Waals surface area contributed by atoms with E-state index in [1.807, 2.05) is 18.2 Å². The maximum absolute atomic E-state index is 12.4. The number of hydrogen-bond acceptors (Lipinski definition) is 6. The first-order valence-electron chi connectivity index (χ1n) is 10.4. The van der Waals surface area contributed by atoms with Crippen molar-refractivity contribution in [3.63, 3.8) is 0 Å². The highest BCUT2D eigenvalue weighted by Crippen LogP contribution is 2.32. The first kappa shape index (κ1) is 21.9. The third-order valence-corrected chi connectivity index (χ3v) is 6.83. The molecule has 9 heteroatoms. The molecule has 0 radical (unpaired) electrons. The summed E-state index contributed by atoms with van der Waals surface area (Å²) >= 11 is 7.58. The molecule has 1 saturated heterocycles. The first-order valence-corrected chi connectivity index (χ1v) is 11.8. The highest BCUT2D eigenvalue weighted by atomic mass is 35.5. The number of rotatable bonds is 6. The number of pyridine rings is 1. The molecule has 1 aromatic heterocycles. The number of nitrogens with one attached hydrogen (secondary N) is 1. The number of nitrogens with zero attached hydrogens (tertiary/aromatic N) is 4. The topological polar surface area (TPSA) is 68.8 Å². The van der Waals surface area contributed by atoms with Gasteiger partial charge >= 0.3 is 0 Å². The normalized spacial score (nSPS) is 16.9. The van der Waals surface area contributed by atoms with E-state index in [9.17, 15) is 9.59 Å².